The van der Waals surface area contributed by atoms with Gasteiger partial charge in [0.2, 0.25) is 11.8 Å². The minimum Gasteiger partial charge on any atom is -0.463 e. The molecule has 2 atom stereocenters. The minimum absolute atomic E-state index is 0.0925. The maximum absolute atomic E-state index is 13.9. The van der Waals surface area contributed by atoms with Crippen molar-refractivity contribution in [1.29, 1.82) is 0 Å². The summed E-state index contributed by atoms with van der Waals surface area (Å²) in [5.74, 6) is -0.339. The molecule has 1 aliphatic rings. The van der Waals surface area contributed by atoms with Gasteiger partial charge in [0, 0.05) is 12.6 Å². The van der Waals surface area contributed by atoms with Crippen molar-refractivity contribution in [3.05, 3.63) is 11.6 Å². The van der Waals surface area contributed by atoms with Crippen molar-refractivity contribution in [2.75, 3.05) is 20.2 Å². The second kappa shape index (κ2) is 14.5. The van der Waals surface area contributed by atoms with Crippen LogP contribution in [0.25, 0.3) is 0 Å². The van der Waals surface area contributed by atoms with E-state index < -0.39 is 11.6 Å². The fourth-order valence-electron chi connectivity index (χ4n) is 4.90. The van der Waals surface area contributed by atoms with Crippen LogP contribution in [0.5, 0.6) is 0 Å². The van der Waals surface area contributed by atoms with E-state index in [4.69, 9.17) is 4.74 Å². The van der Waals surface area contributed by atoms with E-state index in [9.17, 15) is 14.4 Å². The number of nitrogens with zero attached hydrogens (tertiary/aromatic N) is 1. The summed E-state index contributed by atoms with van der Waals surface area (Å²) in [6.45, 7) is 14.7. The molecule has 0 unspecified atom stereocenters. The first-order valence-corrected chi connectivity index (χ1v) is 13.3. The molecule has 0 saturated heterocycles. The van der Waals surface area contributed by atoms with Gasteiger partial charge in [0.15, 0.2) is 0 Å². The summed E-state index contributed by atoms with van der Waals surface area (Å²) < 4.78 is 5.13. The maximum atomic E-state index is 13.9. The molecule has 0 aliphatic heterocycles. The predicted octanol–water partition coefficient (Wildman–Crippen LogP) is 4.21. The van der Waals surface area contributed by atoms with E-state index >= 15 is 0 Å². The Balaban J connectivity index is 3.22. The van der Waals surface area contributed by atoms with Gasteiger partial charge in [-0.2, -0.15) is 0 Å². The lowest BCUT2D eigenvalue weighted by molar-refractivity contribution is -0.140. The van der Waals surface area contributed by atoms with Gasteiger partial charge in [-0.25, -0.2) is 4.79 Å². The number of carbonyl (C=O) groups excluding carboxylic acids is 3. The summed E-state index contributed by atoms with van der Waals surface area (Å²) in [5, 5.41) is 6.62. The highest BCUT2D eigenvalue weighted by molar-refractivity contribution is 5.92. The van der Waals surface area contributed by atoms with Crippen LogP contribution < -0.4 is 10.6 Å². The summed E-state index contributed by atoms with van der Waals surface area (Å²) in [5.41, 5.74) is -0.190. The Morgan fingerprint density at radius 1 is 1.09 bits per heavy atom. The van der Waals surface area contributed by atoms with E-state index in [-0.39, 0.29) is 35.7 Å². The van der Waals surface area contributed by atoms with Crippen molar-refractivity contribution < 1.29 is 19.1 Å². The van der Waals surface area contributed by atoms with E-state index in [1.54, 1.807) is 25.8 Å². The van der Waals surface area contributed by atoms with Gasteiger partial charge in [0.1, 0.15) is 6.04 Å². The first-order valence-electron chi connectivity index (χ1n) is 13.3. The highest BCUT2D eigenvalue weighted by Crippen LogP contribution is 2.30. The van der Waals surface area contributed by atoms with Crippen molar-refractivity contribution >= 4 is 17.8 Å². The number of rotatable bonds is 14. The number of ether oxygens (including phenoxy) is 1. The zero-order chi connectivity index (χ0) is 25.9. The fourth-order valence-corrected chi connectivity index (χ4v) is 4.90. The van der Waals surface area contributed by atoms with Gasteiger partial charge in [0.05, 0.1) is 18.2 Å². The Hall–Kier alpha value is -1.89. The third-order valence-corrected chi connectivity index (χ3v) is 7.28. The van der Waals surface area contributed by atoms with E-state index in [0.29, 0.717) is 25.0 Å². The summed E-state index contributed by atoms with van der Waals surface area (Å²) in [6, 6.07) is -0.850. The fraction of sp³-hybridized carbons (Fsp3) is 0.815. The van der Waals surface area contributed by atoms with Crippen LogP contribution in [-0.4, -0.2) is 60.5 Å². The molecule has 7 heteroatoms. The van der Waals surface area contributed by atoms with Gasteiger partial charge in [-0.05, 0) is 64.3 Å². The smallest absolute Gasteiger partial charge is 0.333 e. The molecule has 0 bridgehead atoms. The quantitative estimate of drug-likeness (QED) is 0.288. The lowest BCUT2D eigenvalue weighted by atomic mass is 9.89. The Morgan fingerprint density at radius 2 is 1.68 bits per heavy atom. The summed E-state index contributed by atoms with van der Waals surface area (Å²) in [6.07, 6.45) is 8.09. The Labute approximate surface area is 207 Å². The van der Waals surface area contributed by atoms with E-state index in [1.165, 1.54) is 0 Å². The van der Waals surface area contributed by atoms with E-state index in [1.807, 2.05) is 33.8 Å². The average Bonchev–Trinajstić information content (AvgIpc) is 3.35. The van der Waals surface area contributed by atoms with Crippen LogP contribution in [0.1, 0.15) is 93.4 Å². The van der Waals surface area contributed by atoms with Gasteiger partial charge in [-0.15, -0.1) is 0 Å². The standard InChI is InChI=1S/C27H49N3O4/c1-9-17-28-27(10-2,11-3)26(33)29-23(21-15-13-14-16-21)24(31)30(8)22(19(5)6)18-20(7)25(32)34-12-4/h18-19,21-23,28H,9-17H2,1-8H3,(H,29,33)/b20-18+/t22-,23+/m1/s1. The van der Waals surface area contributed by atoms with Crippen molar-refractivity contribution in [2.45, 2.75) is 111 Å². The summed E-state index contributed by atoms with van der Waals surface area (Å²) in [4.78, 5) is 41.3. The van der Waals surface area contributed by atoms with Crippen LogP contribution in [0, 0.1) is 11.8 Å². The molecule has 0 radical (unpaired) electrons. The second-order valence-electron chi connectivity index (χ2n) is 9.97. The molecule has 1 rings (SSSR count). The zero-order valence-electron chi connectivity index (χ0n) is 22.8. The summed E-state index contributed by atoms with van der Waals surface area (Å²) in [7, 11) is 1.78. The molecule has 7 nitrogen and oxygen atoms in total. The number of esters is 1. The molecule has 0 heterocycles. The van der Waals surface area contributed by atoms with Gasteiger partial charge in [0.25, 0.3) is 0 Å². The highest BCUT2D eigenvalue weighted by atomic mass is 16.5. The number of carbonyl (C=O) groups is 3. The minimum atomic E-state index is -0.677. The lowest BCUT2D eigenvalue weighted by Gasteiger charge is -2.37. The molecular weight excluding hydrogens is 430 g/mol. The molecule has 1 fully saturated rings. The molecule has 0 aromatic rings. The molecule has 2 N–H and O–H groups in total. The molecule has 0 spiro atoms. The topological polar surface area (TPSA) is 87.7 Å². The third-order valence-electron chi connectivity index (χ3n) is 7.28. The van der Waals surface area contributed by atoms with Gasteiger partial charge in [-0.3, -0.25) is 9.59 Å². The van der Waals surface area contributed by atoms with Gasteiger partial charge in [-0.1, -0.05) is 53.5 Å². The highest BCUT2D eigenvalue weighted by Gasteiger charge is 2.41. The van der Waals surface area contributed by atoms with Crippen LogP contribution >= 0.6 is 0 Å². The molecule has 34 heavy (non-hydrogen) atoms. The SMILES string of the molecule is CCCNC(CC)(CC)C(=O)N[C@H](C(=O)N(C)[C@H](/C=C(\C)C(=O)OCC)C(C)C)C1CCCC1. The number of hydrogen-bond donors (Lipinski definition) is 2. The first kappa shape index (κ1) is 30.1. The monoisotopic (exact) mass is 479 g/mol. The number of likely N-dealkylation sites (N-methyl/N-ethyl adjacent to an activating group) is 1. The Morgan fingerprint density at radius 3 is 2.15 bits per heavy atom. The van der Waals surface area contributed by atoms with Gasteiger partial charge >= 0.3 is 5.97 Å². The van der Waals surface area contributed by atoms with Gasteiger partial charge < -0.3 is 20.3 Å². The maximum Gasteiger partial charge on any atom is 0.333 e. The Kier molecular flexibility index (Phi) is 12.9. The van der Waals surface area contributed by atoms with Crippen LogP contribution in [0.3, 0.4) is 0 Å². The molecular formula is C27H49N3O4. The largest absolute Gasteiger partial charge is 0.463 e. The second-order valence-corrected chi connectivity index (χ2v) is 9.97. The predicted molar refractivity (Wildman–Crippen MR) is 137 cm³/mol. The Bertz CT molecular complexity index is 694. The van der Waals surface area contributed by atoms with Crippen molar-refractivity contribution in [3.8, 4) is 0 Å². The van der Waals surface area contributed by atoms with Crippen LogP contribution in [0.4, 0.5) is 0 Å². The van der Waals surface area contributed by atoms with Crippen LogP contribution in [0.15, 0.2) is 11.6 Å². The van der Waals surface area contributed by atoms with Crippen molar-refractivity contribution in [1.82, 2.24) is 15.5 Å². The van der Waals surface area contributed by atoms with Crippen LogP contribution in [-0.2, 0) is 19.1 Å². The number of hydrogen-bond acceptors (Lipinski definition) is 5. The lowest BCUT2D eigenvalue weighted by Crippen LogP contribution is -2.62. The molecule has 0 aromatic carbocycles. The van der Waals surface area contributed by atoms with E-state index in [2.05, 4.69) is 17.6 Å². The molecule has 0 aromatic heterocycles. The number of amides is 2. The third kappa shape index (κ3) is 7.82. The normalized spacial score (nSPS) is 16.9. The molecule has 1 aliphatic carbocycles. The van der Waals surface area contributed by atoms with E-state index in [0.717, 1.165) is 38.6 Å². The molecule has 1 saturated carbocycles. The average molecular weight is 480 g/mol. The summed E-state index contributed by atoms with van der Waals surface area (Å²) >= 11 is 0. The van der Waals surface area contributed by atoms with Crippen molar-refractivity contribution in [2.24, 2.45) is 11.8 Å². The molecule has 2 amide bonds. The van der Waals surface area contributed by atoms with Crippen molar-refractivity contribution in [3.63, 3.8) is 0 Å². The van der Waals surface area contributed by atoms with Crippen LogP contribution in [0.2, 0.25) is 0 Å². The molecule has 196 valence electrons. The number of nitrogens with one attached hydrogen (secondary N) is 2. The first-order chi connectivity index (χ1) is 16.1. The zero-order valence-corrected chi connectivity index (χ0v) is 22.8.